The highest BCUT2D eigenvalue weighted by molar-refractivity contribution is 6.31. The number of H-pyrrole nitrogens is 1. The monoisotopic (exact) mass is 545 g/mol. The third-order valence-electron chi connectivity index (χ3n) is 6.87. The fourth-order valence-corrected chi connectivity index (χ4v) is 5.22. The number of aromatic nitrogens is 1. The molecule has 3 aromatic carbocycles. The van der Waals surface area contributed by atoms with E-state index in [0.717, 1.165) is 16.5 Å². The summed E-state index contributed by atoms with van der Waals surface area (Å²) in [4.78, 5) is 29.8. The number of carbonyl (C=O) groups excluding carboxylic acids is 1. The minimum absolute atomic E-state index is 0.176. The van der Waals surface area contributed by atoms with Crippen molar-refractivity contribution in [1.82, 2.24) is 9.99 Å². The molecule has 2 heterocycles. The molecule has 5 rings (SSSR count). The van der Waals surface area contributed by atoms with Crippen LogP contribution in [0.15, 0.2) is 70.6 Å². The maximum atomic E-state index is 13.6. The lowest BCUT2D eigenvalue weighted by Crippen LogP contribution is -2.26. The van der Waals surface area contributed by atoms with Crippen molar-refractivity contribution >= 4 is 34.1 Å². The molecule has 1 N–H and O–H groups in total. The predicted octanol–water partition coefficient (Wildman–Crippen LogP) is 5.96. The van der Waals surface area contributed by atoms with Gasteiger partial charge in [-0.05, 0) is 41.5 Å². The number of hydrazone groups is 1. The van der Waals surface area contributed by atoms with Crippen LogP contribution in [0, 0.1) is 0 Å². The number of aromatic amines is 1. The number of benzene rings is 3. The van der Waals surface area contributed by atoms with Crippen molar-refractivity contribution < 1.29 is 19.0 Å². The van der Waals surface area contributed by atoms with E-state index < -0.39 is 6.04 Å². The lowest BCUT2D eigenvalue weighted by Gasteiger charge is -2.23. The number of methoxy groups -OCH3 is 3. The molecule has 0 saturated heterocycles. The summed E-state index contributed by atoms with van der Waals surface area (Å²) >= 11 is 6.39. The molecule has 39 heavy (non-hydrogen) atoms. The van der Waals surface area contributed by atoms with E-state index in [1.54, 1.807) is 33.3 Å². The Morgan fingerprint density at radius 3 is 2.31 bits per heavy atom. The number of rotatable bonds is 7. The van der Waals surface area contributed by atoms with Crippen LogP contribution in [0.4, 0.5) is 0 Å². The van der Waals surface area contributed by atoms with Crippen LogP contribution in [0.5, 0.6) is 17.2 Å². The maximum absolute atomic E-state index is 13.6. The molecule has 1 aliphatic heterocycles. The van der Waals surface area contributed by atoms with E-state index in [0.29, 0.717) is 51.0 Å². The minimum Gasteiger partial charge on any atom is -0.493 e. The molecule has 1 atom stereocenters. The first-order valence-corrected chi connectivity index (χ1v) is 12.9. The van der Waals surface area contributed by atoms with Crippen LogP contribution >= 0.6 is 11.6 Å². The van der Waals surface area contributed by atoms with Crippen LogP contribution < -0.4 is 19.8 Å². The molecule has 9 heteroatoms. The van der Waals surface area contributed by atoms with Crippen molar-refractivity contribution in [1.29, 1.82) is 0 Å². The summed E-state index contributed by atoms with van der Waals surface area (Å²) in [7, 11) is 4.62. The normalized spacial score (nSPS) is 14.8. The van der Waals surface area contributed by atoms with Gasteiger partial charge in [-0.2, -0.15) is 5.10 Å². The van der Waals surface area contributed by atoms with E-state index in [2.05, 4.69) is 4.98 Å². The van der Waals surface area contributed by atoms with Crippen molar-refractivity contribution in [2.24, 2.45) is 5.10 Å². The molecule has 1 amide bonds. The Balaban J connectivity index is 1.72. The fraction of sp³-hybridized carbons (Fsp3) is 0.233. The van der Waals surface area contributed by atoms with Gasteiger partial charge in [0.25, 0.3) is 5.56 Å². The molecule has 4 aromatic rings. The van der Waals surface area contributed by atoms with Crippen molar-refractivity contribution in [3.8, 4) is 28.4 Å². The second-order valence-electron chi connectivity index (χ2n) is 9.08. The van der Waals surface area contributed by atoms with Gasteiger partial charge in [0.1, 0.15) is 0 Å². The van der Waals surface area contributed by atoms with Gasteiger partial charge in [-0.3, -0.25) is 9.59 Å². The Morgan fingerprint density at radius 2 is 1.69 bits per heavy atom. The Kier molecular flexibility index (Phi) is 7.30. The third-order valence-corrected chi connectivity index (χ3v) is 7.10. The second-order valence-corrected chi connectivity index (χ2v) is 9.51. The largest absolute Gasteiger partial charge is 0.493 e. The van der Waals surface area contributed by atoms with Gasteiger partial charge in [0.05, 0.1) is 38.6 Å². The Bertz CT molecular complexity index is 1620. The van der Waals surface area contributed by atoms with Crippen molar-refractivity contribution in [3.05, 3.63) is 87.2 Å². The number of hydrogen-bond donors (Lipinski definition) is 1. The summed E-state index contributed by atoms with van der Waals surface area (Å²) in [5, 5.41) is 7.54. The number of nitrogens with zero attached hydrogens (tertiary/aromatic N) is 2. The van der Waals surface area contributed by atoms with Gasteiger partial charge in [-0.1, -0.05) is 48.9 Å². The Morgan fingerprint density at radius 1 is 1.00 bits per heavy atom. The quantitative estimate of drug-likeness (QED) is 0.309. The summed E-state index contributed by atoms with van der Waals surface area (Å²) in [5.74, 6) is 1.20. The highest BCUT2D eigenvalue weighted by atomic mass is 35.5. The zero-order chi connectivity index (χ0) is 27.7. The molecule has 0 fully saturated rings. The average molecular weight is 546 g/mol. The highest BCUT2D eigenvalue weighted by Gasteiger charge is 2.36. The molecular weight excluding hydrogens is 518 g/mol. The molecule has 0 saturated carbocycles. The third kappa shape index (κ3) is 4.72. The van der Waals surface area contributed by atoms with Crippen LogP contribution in [-0.4, -0.2) is 42.9 Å². The van der Waals surface area contributed by atoms with E-state index in [1.165, 1.54) is 12.1 Å². The van der Waals surface area contributed by atoms with E-state index in [9.17, 15) is 9.59 Å². The molecule has 1 aromatic heterocycles. The summed E-state index contributed by atoms with van der Waals surface area (Å²) in [5.41, 5.74) is 3.57. The molecule has 0 spiro atoms. The van der Waals surface area contributed by atoms with Crippen molar-refractivity contribution in [2.45, 2.75) is 25.8 Å². The van der Waals surface area contributed by atoms with Gasteiger partial charge in [0, 0.05) is 34.3 Å². The van der Waals surface area contributed by atoms with Crippen molar-refractivity contribution in [2.75, 3.05) is 21.3 Å². The second kappa shape index (κ2) is 10.8. The van der Waals surface area contributed by atoms with E-state index in [4.69, 9.17) is 30.9 Å². The molecule has 0 unspecified atom stereocenters. The lowest BCUT2D eigenvalue weighted by atomic mass is 9.91. The number of pyridine rings is 1. The number of halogens is 1. The summed E-state index contributed by atoms with van der Waals surface area (Å²) in [6.45, 7) is 1.78. The van der Waals surface area contributed by atoms with Crippen LogP contribution in [0.1, 0.15) is 36.9 Å². The van der Waals surface area contributed by atoms with E-state index >= 15 is 0 Å². The van der Waals surface area contributed by atoms with Crippen molar-refractivity contribution in [3.63, 3.8) is 0 Å². The fourth-order valence-electron chi connectivity index (χ4n) is 5.05. The topological polar surface area (TPSA) is 93.2 Å². The molecule has 1 aliphatic rings. The maximum Gasteiger partial charge on any atom is 0.258 e. The highest BCUT2D eigenvalue weighted by Crippen LogP contribution is 2.44. The van der Waals surface area contributed by atoms with Gasteiger partial charge in [-0.25, -0.2) is 5.01 Å². The number of nitrogens with one attached hydrogen (secondary N) is 1. The molecule has 200 valence electrons. The van der Waals surface area contributed by atoms with Crippen LogP contribution in [0.25, 0.3) is 22.0 Å². The van der Waals surface area contributed by atoms with Crippen LogP contribution in [-0.2, 0) is 4.79 Å². The SMILES string of the molecule is CCC(=O)N1N=C(c2c(-c3ccccc3)c3cc(Cl)ccc3[nH]c2=O)C[C@@H]1c1cc(OC)c(OC)c(OC)c1. The number of ether oxygens (including phenoxy) is 3. The number of carbonyl (C=O) groups is 1. The standard InChI is InChI=1S/C30H28ClN3O5/c1-5-26(35)34-23(18-13-24(37-2)29(39-4)25(14-18)38-3)16-22(33-34)28-27(17-9-7-6-8-10-17)20-15-19(31)11-12-21(20)32-30(28)36/h6-15,23H,5,16H2,1-4H3,(H,32,36)/t23-/m1/s1. The first kappa shape index (κ1) is 26.3. The minimum atomic E-state index is -0.487. The van der Waals surface area contributed by atoms with Gasteiger partial charge in [-0.15, -0.1) is 0 Å². The summed E-state index contributed by atoms with van der Waals surface area (Å²) < 4.78 is 16.6. The number of hydrogen-bond acceptors (Lipinski definition) is 6. The average Bonchev–Trinajstić information content (AvgIpc) is 3.41. The summed E-state index contributed by atoms with van der Waals surface area (Å²) in [6, 6.07) is 18.1. The van der Waals surface area contributed by atoms with E-state index in [1.807, 2.05) is 48.5 Å². The first-order chi connectivity index (χ1) is 18.9. The zero-order valence-corrected chi connectivity index (χ0v) is 22.8. The first-order valence-electron chi connectivity index (χ1n) is 12.5. The van der Waals surface area contributed by atoms with Gasteiger partial charge in [0.15, 0.2) is 11.5 Å². The molecule has 8 nitrogen and oxygen atoms in total. The zero-order valence-electron chi connectivity index (χ0n) is 22.1. The number of fused-ring (bicyclic) bond motifs is 1. The van der Waals surface area contributed by atoms with Gasteiger partial charge in [0.2, 0.25) is 11.7 Å². The van der Waals surface area contributed by atoms with Crippen LogP contribution in [0.3, 0.4) is 0 Å². The number of amides is 1. The predicted molar refractivity (Wildman–Crippen MR) is 152 cm³/mol. The van der Waals surface area contributed by atoms with Gasteiger partial charge >= 0.3 is 0 Å². The van der Waals surface area contributed by atoms with E-state index in [-0.39, 0.29) is 17.9 Å². The molecule has 0 radical (unpaired) electrons. The lowest BCUT2D eigenvalue weighted by molar-refractivity contribution is -0.132. The molecule has 0 aliphatic carbocycles. The Hall–Kier alpha value is -4.30. The molecular formula is C30H28ClN3O5. The smallest absolute Gasteiger partial charge is 0.258 e. The van der Waals surface area contributed by atoms with Gasteiger partial charge < -0.3 is 19.2 Å². The Labute approximate surface area is 230 Å². The van der Waals surface area contributed by atoms with Crippen LogP contribution in [0.2, 0.25) is 5.02 Å². The summed E-state index contributed by atoms with van der Waals surface area (Å²) in [6.07, 6.45) is 0.548. The molecule has 0 bridgehead atoms.